The van der Waals surface area contributed by atoms with Gasteiger partial charge in [-0.25, -0.2) is 4.79 Å². The van der Waals surface area contributed by atoms with Gasteiger partial charge in [0.15, 0.2) is 5.69 Å². The van der Waals surface area contributed by atoms with Crippen molar-refractivity contribution in [2.24, 2.45) is 0 Å². The van der Waals surface area contributed by atoms with Gasteiger partial charge in [-0.05, 0) is 23.8 Å². The lowest BCUT2D eigenvalue weighted by Crippen LogP contribution is -2.41. The first-order valence-electron chi connectivity index (χ1n) is 9.68. The topological polar surface area (TPSA) is 120 Å². The number of aromatic amines is 1. The maximum Gasteiger partial charge on any atom is 0.330 e. The summed E-state index contributed by atoms with van der Waals surface area (Å²) in [6.45, 7) is 0.300. The molecule has 168 valence electrons. The third-order valence-electron chi connectivity index (χ3n) is 4.82. The van der Waals surface area contributed by atoms with Crippen LogP contribution < -0.4 is 26.6 Å². The van der Waals surface area contributed by atoms with E-state index in [9.17, 15) is 14.4 Å². The Morgan fingerprint density at radius 2 is 1.88 bits per heavy atom. The number of amides is 1. The number of hydrogen-bond donors (Lipinski definition) is 2. The number of hydrogen-bond acceptors (Lipinski definition) is 6. The maximum absolute atomic E-state index is 13.7. The first-order chi connectivity index (χ1) is 15.4. The normalized spacial score (nSPS) is 10.7. The minimum atomic E-state index is -0.786. The largest absolute Gasteiger partial charge is 0.496 e. The summed E-state index contributed by atoms with van der Waals surface area (Å²) in [6, 6.07) is 13.7. The summed E-state index contributed by atoms with van der Waals surface area (Å²) in [6.07, 6.45) is 0. The van der Waals surface area contributed by atoms with Crippen LogP contribution >= 0.6 is 11.6 Å². The van der Waals surface area contributed by atoms with E-state index in [1.165, 1.54) is 25.2 Å². The van der Waals surface area contributed by atoms with Crippen molar-refractivity contribution in [2.75, 3.05) is 31.5 Å². The van der Waals surface area contributed by atoms with Crippen molar-refractivity contribution in [3.8, 4) is 5.75 Å². The quantitative estimate of drug-likeness (QED) is 0.534. The lowest BCUT2D eigenvalue weighted by atomic mass is 10.1. The van der Waals surface area contributed by atoms with Crippen molar-refractivity contribution in [3.63, 3.8) is 0 Å². The van der Waals surface area contributed by atoms with E-state index in [0.29, 0.717) is 5.02 Å². The number of nitrogens with two attached hydrogens (primary N) is 1. The maximum atomic E-state index is 13.7. The smallest absolute Gasteiger partial charge is 0.330 e. The Labute approximate surface area is 188 Å². The number of benzene rings is 2. The highest BCUT2D eigenvalue weighted by molar-refractivity contribution is 6.31. The van der Waals surface area contributed by atoms with Crippen LogP contribution in [0.25, 0.3) is 0 Å². The summed E-state index contributed by atoms with van der Waals surface area (Å²) in [5, 5.41) is 0.320. The van der Waals surface area contributed by atoms with Gasteiger partial charge in [0, 0.05) is 12.1 Å². The third kappa shape index (κ3) is 4.84. The summed E-state index contributed by atoms with van der Waals surface area (Å²) < 4.78 is 11.5. The number of ether oxygens (including phenoxy) is 2. The highest BCUT2D eigenvalue weighted by atomic mass is 35.5. The molecule has 32 heavy (non-hydrogen) atoms. The zero-order valence-corrected chi connectivity index (χ0v) is 18.4. The Kier molecular flexibility index (Phi) is 7.34. The molecule has 0 aliphatic heterocycles. The Bertz CT molecular complexity index is 1220. The molecule has 3 aromatic rings. The molecule has 0 radical (unpaired) electrons. The van der Waals surface area contributed by atoms with Gasteiger partial charge >= 0.3 is 5.69 Å². The number of H-pyrrole nitrogens is 1. The van der Waals surface area contributed by atoms with E-state index in [0.717, 1.165) is 10.1 Å². The van der Waals surface area contributed by atoms with E-state index < -0.39 is 17.2 Å². The lowest BCUT2D eigenvalue weighted by molar-refractivity contribution is 0.0981. The monoisotopic (exact) mass is 458 g/mol. The van der Waals surface area contributed by atoms with E-state index in [1.54, 1.807) is 24.3 Å². The van der Waals surface area contributed by atoms with Crippen LogP contribution in [0.4, 0.5) is 11.5 Å². The minimum Gasteiger partial charge on any atom is -0.496 e. The van der Waals surface area contributed by atoms with Crippen LogP contribution in [0, 0.1) is 0 Å². The van der Waals surface area contributed by atoms with Crippen LogP contribution in [0.2, 0.25) is 5.02 Å². The van der Waals surface area contributed by atoms with Gasteiger partial charge in [0.1, 0.15) is 11.6 Å². The molecule has 0 fully saturated rings. The average molecular weight is 459 g/mol. The molecule has 3 N–H and O–H groups in total. The predicted octanol–water partition coefficient (Wildman–Crippen LogP) is 2.27. The molecular formula is C22H23ClN4O5. The molecule has 0 saturated heterocycles. The molecule has 2 aromatic carbocycles. The van der Waals surface area contributed by atoms with Gasteiger partial charge in [-0.3, -0.25) is 24.0 Å². The average Bonchev–Trinajstić information content (AvgIpc) is 2.78. The van der Waals surface area contributed by atoms with E-state index in [1.807, 2.05) is 18.2 Å². The molecule has 0 atom stereocenters. The van der Waals surface area contributed by atoms with Gasteiger partial charge in [-0.1, -0.05) is 41.9 Å². The lowest BCUT2D eigenvalue weighted by Gasteiger charge is -2.25. The van der Waals surface area contributed by atoms with Crippen molar-refractivity contribution in [3.05, 3.63) is 85.5 Å². The number of nitrogen functional groups attached to an aromatic ring is 1. The number of rotatable bonds is 8. The molecule has 10 heteroatoms. The molecular weight excluding hydrogens is 436 g/mol. The van der Waals surface area contributed by atoms with Crippen molar-refractivity contribution >= 4 is 29.0 Å². The molecule has 1 aromatic heterocycles. The number of aromatic nitrogens is 2. The molecule has 1 heterocycles. The number of carbonyl (C=O) groups excluding carboxylic acids is 1. The van der Waals surface area contributed by atoms with Crippen LogP contribution in [0.5, 0.6) is 5.75 Å². The summed E-state index contributed by atoms with van der Waals surface area (Å²) in [5.74, 6) is -0.441. The Morgan fingerprint density at radius 3 is 2.53 bits per heavy atom. The molecule has 9 nitrogen and oxygen atoms in total. The Balaban J connectivity index is 2.21. The molecule has 3 rings (SSSR count). The van der Waals surface area contributed by atoms with Crippen molar-refractivity contribution in [2.45, 2.75) is 13.1 Å². The number of nitrogens with one attached hydrogen (secondary N) is 1. The van der Waals surface area contributed by atoms with Crippen molar-refractivity contribution < 1.29 is 14.3 Å². The van der Waals surface area contributed by atoms with E-state index in [4.69, 9.17) is 26.8 Å². The molecule has 0 unspecified atom stereocenters. The fraction of sp³-hybridized carbons (Fsp3) is 0.227. The second-order valence-electron chi connectivity index (χ2n) is 6.86. The predicted molar refractivity (Wildman–Crippen MR) is 123 cm³/mol. The highest BCUT2D eigenvalue weighted by Gasteiger charge is 2.27. The summed E-state index contributed by atoms with van der Waals surface area (Å²) in [5.41, 5.74) is 5.49. The van der Waals surface area contributed by atoms with Gasteiger partial charge in [0.25, 0.3) is 11.5 Å². The van der Waals surface area contributed by atoms with Crippen LogP contribution in [0.15, 0.2) is 58.1 Å². The first-order valence-corrected chi connectivity index (χ1v) is 10.1. The van der Waals surface area contributed by atoms with Crippen molar-refractivity contribution in [1.82, 2.24) is 9.55 Å². The van der Waals surface area contributed by atoms with E-state index in [-0.39, 0.29) is 42.5 Å². The van der Waals surface area contributed by atoms with Crippen LogP contribution in [-0.2, 0) is 17.8 Å². The van der Waals surface area contributed by atoms with Gasteiger partial charge in [0.05, 0.1) is 32.4 Å². The molecule has 0 saturated carbocycles. The van der Waals surface area contributed by atoms with Crippen LogP contribution in [-0.4, -0.2) is 36.3 Å². The number of methoxy groups -OCH3 is 2. The van der Waals surface area contributed by atoms with Gasteiger partial charge in [0.2, 0.25) is 0 Å². The summed E-state index contributed by atoms with van der Waals surface area (Å²) in [7, 11) is 2.90. The third-order valence-corrected chi connectivity index (χ3v) is 5.06. The zero-order valence-electron chi connectivity index (χ0n) is 17.6. The van der Waals surface area contributed by atoms with Gasteiger partial charge < -0.3 is 15.2 Å². The fourth-order valence-electron chi connectivity index (χ4n) is 3.25. The van der Waals surface area contributed by atoms with Crippen LogP contribution in [0.1, 0.15) is 15.9 Å². The number of nitrogens with zero attached hydrogens (tertiary/aromatic N) is 2. The first kappa shape index (κ1) is 23.1. The molecule has 0 bridgehead atoms. The van der Waals surface area contributed by atoms with Crippen molar-refractivity contribution in [1.29, 1.82) is 0 Å². The molecule has 1 amide bonds. The number of anilines is 2. The van der Waals surface area contributed by atoms with Gasteiger partial charge in [-0.2, -0.15) is 0 Å². The van der Waals surface area contributed by atoms with Gasteiger partial charge in [-0.15, -0.1) is 0 Å². The minimum absolute atomic E-state index is 0.0190. The van der Waals surface area contributed by atoms with E-state index >= 15 is 0 Å². The summed E-state index contributed by atoms with van der Waals surface area (Å²) in [4.78, 5) is 42.3. The highest BCUT2D eigenvalue weighted by Crippen LogP contribution is 2.28. The number of carbonyl (C=O) groups is 1. The fourth-order valence-corrected chi connectivity index (χ4v) is 3.43. The molecule has 0 aliphatic carbocycles. The molecule has 0 spiro atoms. The Morgan fingerprint density at radius 1 is 1.16 bits per heavy atom. The standard InChI is InChI=1S/C22H23ClN4O5/c1-31-11-10-26-19(24)18(20(28)25-22(26)30)27(13-14-6-4-3-5-7-14)21(29)16-12-15(23)8-9-17(16)32-2/h3-9,12H,10-11,13,24H2,1-2H3,(H,25,28,30). The number of halogens is 1. The second-order valence-corrected chi connectivity index (χ2v) is 7.30. The second kappa shape index (κ2) is 10.2. The summed E-state index contributed by atoms with van der Waals surface area (Å²) >= 11 is 6.12. The molecule has 0 aliphatic rings. The van der Waals surface area contributed by atoms with E-state index in [2.05, 4.69) is 4.98 Å². The zero-order chi connectivity index (χ0) is 23.3. The Hall–Kier alpha value is -3.56. The SMILES string of the molecule is COCCn1c(N)c(N(Cc2ccccc2)C(=O)c2cc(Cl)ccc2OC)c(=O)[nH]c1=O. The van der Waals surface area contributed by atoms with Crippen LogP contribution in [0.3, 0.4) is 0 Å².